The molecule has 1 aliphatic heterocycles. The minimum atomic E-state index is -0.650. The molecule has 1 unspecified atom stereocenters. The third-order valence-corrected chi connectivity index (χ3v) is 5.83. The Morgan fingerprint density at radius 1 is 1.06 bits per heavy atom. The quantitative estimate of drug-likeness (QED) is 0.305. The van der Waals surface area contributed by atoms with E-state index in [-0.39, 0.29) is 5.95 Å². The number of rotatable bonds is 6. The highest BCUT2D eigenvalue weighted by atomic mass is 16.5. The van der Waals surface area contributed by atoms with Gasteiger partial charge in [-0.3, -0.25) is 0 Å². The molecule has 184 valence electrons. The van der Waals surface area contributed by atoms with Gasteiger partial charge in [0.25, 0.3) is 0 Å². The Hall–Kier alpha value is -4.51. The van der Waals surface area contributed by atoms with Crippen molar-refractivity contribution >= 4 is 28.9 Å². The van der Waals surface area contributed by atoms with Crippen molar-refractivity contribution in [3.8, 4) is 28.5 Å². The second-order valence-corrected chi connectivity index (χ2v) is 8.05. The normalized spacial score (nSPS) is 15.5. The fraction of sp³-hybridized carbons (Fsp3) is 0.240. The molecule has 1 aliphatic rings. The van der Waals surface area contributed by atoms with Gasteiger partial charge in [0, 0.05) is 25.2 Å². The van der Waals surface area contributed by atoms with Crippen LogP contribution in [0.4, 0.5) is 11.8 Å². The number of anilines is 2. The summed E-state index contributed by atoms with van der Waals surface area (Å²) < 4.78 is 16.4. The molecule has 3 N–H and O–H groups in total. The Bertz CT molecular complexity index is 1400. The van der Waals surface area contributed by atoms with Crippen LogP contribution >= 0.6 is 0 Å². The van der Waals surface area contributed by atoms with E-state index in [0.29, 0.717) is 59.6 Å². The first-order valence-electron chi connectivity index (χ1n) is 11.3. The van der Waals surface area contributed by atoms with Crippen molar-refractivity contribution in [2.45, 2.75) is 6.04 Å². The van der Waals surface area contributed by atoms with E-state index in [0.717, 1.165) is 5.56 Å². The van der Waals surface area contributed by atoms with Gasteiger partial charge in [-0.1, -0.05) is 18.2 Å². The zero-order chi connectivity index (χ0) is 25.1. The highest BCUT2D eigenvalue weighted by Gasteiger charge is 2.33. The van der Waals surface area contributed by atoms with Crippen LogP contribution in [0.3, 0.4) is 0 Å². The molecular formula is C25H25N7O4. The van der Waals surface area contributed by atoms with Crippen LogP contribution in [0.2, 0.25) is 0 Å². The summed E-state index contributed by atoms with van der Waals surface area (Å²) in [5.41, 5.74) is 8.12. The zero-order valence-electron chi connectivity index (χ0n) is 19.8. The van der Waals surface area contributed by atoms with Crippen LogP contribution in [-0.2, 0) is 4.79 Å². The van der Waals surface area contributed by atoms with Crippen molar-refractivity contribution in [2.75, 3.05) is 44.5 Å². The standard InChI is InChI=1S/C25H25N7O4/c1-34-19-9-8-15(12-20(19)35-2)17-13-28-22-21(29-17)23(31-25(26)30-22)32-11-10-27-14-18(32)24(33)36-16-6-4-3-5-7-16/h3-9,12-13,18,27H,10-11,14H2,1-2H3,(H2,26,28,30,31). The molecular weight excluding hydrogens is 462 g/mol. The predicted molar refractivity (Wildman–Crippen MR) is 134 cm³/mol. The zero-order valence-corrected chi connectivity index (χ0v) is 19.8. The summed E-state index contributed by atoms with van der Waals surface area (Å²) in [5, 5.41) is 3.25. The molecule has 4 aromatic rings. The number of hydrogen-bond donors (Lipinski definition) is 2. The Labute approximate surface area is 207 Å². The van der Waals surface area contributed by atoms with Gasteiger partial charge < -0.3 is 30.2 Å². The van der Waals surface area contributed by atoms with Crippen molar-refractivity contribution in [1.82, 2.24) is 25.3 Å². The van der Waals surface area contributed by atoms with Crippen LogP contribution in [0.15, 0.2) is 54.7 Å². The van der Waals surface area contributed by atoms with Gasteiger partial charge in [-0.2, -0.15) is 9.97 Å². The van der Waals surface area contributed by atoms with Crippen molar-refractivity contribution < 1.29 is 19.0 Å². The van der Waals surface area contributed by atoms with E-state index in [1.807, 2.05) is 35.2 Å². The van der Waals surface area contributed by atoms with Crippen LogP contribution in [0.1, 0.15) is 0 Å². The number of carbonyl (C=O) groups is 1. The SMILES string of the molecule is COc1ccc(-c2cnc3nc(N)nc(N4CCNCC4C(=O)Oc4ccccc4)c3n2)cc1OC. The summed E-state index contributed by atoms with van der Waals surface area (Å²) in [5.74, 6) is 1.69. The van der Waals surface area contributed by atoms with E-state index in [9.17, 15) is 4.79 Å². The van der Waals surface area contributed by atoms with Crippen LogP contribution in [-0.4, -0.2) is 65.8 Å². The number of nitrogen functional groups attached to an aromatic ring is 1. The van der Waals surface area contributed by atoms with E-state index in [2.05, 4.69) is 20.3 Å². The van der Waals surface area contributed by atoms with Crippen LogP contribution in [0.25, 0.3) is 22.4 Å². The number of ether oxygens (including phenoxy) is 3. The number of carbonyl (C=O) groups excluding carboxylic acids is 1. The van der Waals surface area contributed by atoms with Crippen LogP contribution < -0.4 is 30.2 Å². The van der Waals surface area contributed by atoms with E-state index < -0.39 is 12.0 Å². The first-order chi connectivity index (χ1) is 17.6. The Morgan fingerprint density at radius 2 is 1.86 bits per heavy atom. The maximum atomic E-state index is 13.2. The first kappa shape index (κ1) is 23.2. The largest absolute Gasteiger partial charge is 0.493 e. The number of esters is 1. The summed E-state index contributed by atoms with van der Waals surface area (Å²) in [4.78, 5) is 33.0. The Balaban J connectivity index is 1.55. The summed E-state index contributed by atoms with van der Waals surface area (Å²) in [6.07, 6.45) is 1.61. The Morgan fingerprint density at radius 3 is 2.64 bits per heavy atom. The molecule has 36 heavy (non-hydrogen) atoms. The molecule has 2 aromatic heterocycles. The molecule has 0 bridgehead atoms. The highest BCUT2D eigenvalue weighted by Crippen LogP contribution is 2.33. The van der Waals surface area contributed by atoms with Gasteiger partial charge in [-0.05, 0) is 30.3 Å². The molecule has 1 atom stereocenters. The smallest absolute Gasteiger partial charge is 0.335 e. The van der Waals surface area contributed by atoms with E-state index in [1.54, 1.807) is 38.6 Å². The lowest BCUT2D eigenvalue weighted by atomic mass is 10.1. The van der Waals surface area contributed by atoms with Gasteiger partial charge in [0.05, 0.1) is 26.1 Å². The summed E-state index contributed by atoms with van der Waals surface area (Å²) in [6.45, 7) is 1.51. The van der Waals surface area contributed by atoms with Gasteiger partial charge in [0.1, 0.15) is 11.8 Å². The number of piperazine rings is 1. The molecule has 0 spiro atoms. The highest BCUT2D eigenvalue weighted by molar-refractivity contribution is 5.90. The lowest BCUT2D eigenvalue weighted by Gasteiger charge is -2.35. The minimum absolute atomic E-state index is 0.0411. The predicted octanol–water partition coefficient (Wildman–Crippen LogP) is 2.07. The van der Waals surface area contributed by atoms with Gasteiger partial charge >= 0.3 is 5.97 Å². The topological polar surface area (TPSA) is 138 Å². The number of hydrogen-bond acceptors (Lipinski definition) is 11. The number of nitrogens with two attached hydrogens (primary N) is 1. The molecule has 0 aliphatic carbocycles. The summed E-state index contributed by atoms with van der Waals surface area (Å²) in [7, 11) is 3.15. The average molecular weight is 488 g/mol. The number of aromatic nitrogens is 4. The van der Waals surface area contributed by atoms with E-state index >= 15 is 0 Å². The third-order valence-electron chi connectivity index (χ3n) is 5.83. The minimum Gasteiger partial charge on any atom is -0.493 e. The molecule has 3 heterocycles. The van der Waals surface area contributed by atoms with Gasteiger partial charge in [0.15, 0.2) is 28.5 Å². The van der Waals surface area contributed by atoms with Crippen molar-refractivity contribution in [3.05, 3.63) is 54.7 Å². The number of nitrogens with one attached hydrogen (secondary N) is 1. The maximum Gasteiger partial charge on any atom is 0.335 e. The molecule has 2 aromatic carbocycles. The number of para-hydroxylation sites is 1. The summed E-state index contributed by atoms with van der Waals surface area (Å²) in [6, 6.07) is 13.8. The second kappa shape index (κ2) is 10.0. The second-order valence-electron chi connectivity index (χ2n) is 8.05. The third kappa shape index (κ3) is 4.56. The van der Waals surface area contributed by atoms with E-state index in [4.69, 9.17) is 24.9 Å². The fourth-order valence-electron chi connectivity index (χ4n) is 4.09. The monoisotopic (exact) mass is 487 g/mol. The van der Waals surface area contributed by atoms with Crippen LogP contribution in [0.5, 0.6) is 17.2 Å². The fourth-order valence-corrected chi connectivity index (χ4v) is 4.09. The number of fused-ring (bicyclic) bond motifs is 1. The molecule has 0 amide bonds. The molecule has 5 rings (SSSR count). The number of benzene rings is 2. The van der Waals surface area contributed by atoms with Crippen molar-refractivity contribution in [1.29, 1.82) is 0 Å². The molecule has 0 radical (unpaired) electrons. The van der Waals surface area contributed by atoms with Crippen LogP contribution in [0, 0.1) is 0 Å². The molecule has 11 heteroatoms. The lowest BCUT2D eigenvalue weighted by molar-refractivity contribution is -0.136. The molecule has 11 nitrogen and oxygen atoms in total. The van der Waals surface area contributed by atoms with Gasteiger partial charge in [0.2, 0.25) is 5.95 Å². The maximum absolute atomic E-state index is 13.2. The number of nitrogens with zero attached hydrogens (tertiary/aromatic N) is 5. The summed E-state index contributed by atoms with van der Waals surface area (Å²) >= 11 is 0. The number of methoxy groups -OCH3 is 2. The van der Waals surface area contributed by atoms with Crippen molar-refractivity contribution in [2.24, 2.45) is 0 Å². The molecule has 1 fully saturated rings. The first-order valence-corrected chi connectivity index (χ1v) is 11.3. The molecule has 1 saturated heterocycles. The lowest BCUT2D eigenvalue weighted by Crippen LogP contribution is -2.56. The van der Waals surface area contributed by atoms with Crippen molar-refractivity contribution in [3.63, 3.8) is 0 Å². The molecule has 0 saturated carbocycles. The van der Waals surface area contributed by atoms with Gasteiger partial charge in [-0.15, -0.1) is 0 Å². The van der Waals surface area contributed by atoms with Gasteiger partial charge in [-0.25, -0.2) is 14.8 Å². The Kier molecular flexibility index (Phi) is 6.46. The van der Waals surface area contributed by atoms with E-state index in [1.165, 1.54) is 0 Å². The average Bonchev–Trinajstić information content (AvgIpc) is 2.92.